The van der Waals surface area contributed by atoms with Gasteiger partial charge in [0.1, 0.15) is 0 Å². The summed E-state index contributed by atoms with van der Waals surface area (Å²) in [4.78, 5) is 13.4. The molecule has 0 spiro atoms. The Morgan fingerprint density at radius 2 is 2.00 bits per heavy atom. The molecule has 0 aliphatic carbocycles. The van der Waals surface area contributed by atoms with Crippen LogP contribution in [0, 0.1) is 0 Å². The van der Waals surface area contributed by atoms with Crippen molar-refractivity contribution in [1.29, 1.82) is 0 Å². The highest BCUT2D eigenvalue weighted by atomic mass is 32.2. The van der Waals surface area contributed by atoms with E-state index in [1.807, 2.05) is 11.8 Å². The summed E-state index contributed by atoms with van der Waals surface area (Å²) in [6, 6.07) is 4.31. The van der Waals surface area contributed by atoms with Gasteiger partial charge >= 0.3 is 5.97 Å². The van der Waals surface area contributed by atoms with E-state index < -0.39 is 16.0 Å². The highest BCUT2D eigenvalue weighted by Crippen LogP contribution is 2.27. The maximum atomic E-state index is 12.1. The molecule has 6 nitrogen and oxygen atoms in total. The number of aromatic carboxylic acids is 1. The highest BCUT2D eigenvalue weighted by molar-refractivity contribution is 7.89. The van der Waals surface area contributed by atoms with Gasteiger partial charge in [0.2, 0.25) is 10.0 Å². The Morgan fingerprint density at radius 1 is 1.33 bits per heavy atom. The molecule has 7 heteroatoms. The first-order chi connectivity index (χ1) is 9.95. The average molecular weight is 312 g/mol. The summed E-state index contributed by atoms with van der Waals surface area (Å²) in [6.45, 7) is 3.81. The molecule has 1 fully saturated rings. The number of hydrogen-bond donors (Lipinski definition) is 2. The molecule has 1 aromatic rings. The Labute approximate surface area is 124 Å². The number of anilines is 1. The van der Waals surface area contributed by atoms with E-state index in [0.717, 1.165) is 25.9 Å². The Hall–Kier alpha value is -1.60. The molecule has 0 radical (unpaired) electrons. The van der Waals surface area contributed by atoms with Crippen LogP contribution in [-0.4, -0.2) is 39.1 Å². The number of nitrogens with one attached hydrogen (secondary N) is 1. The van der Waals surface area contributed by atoms with Crippen molar-refractivity contribution in [3.8, 4) is 0 Å². The molecule has 0 unspecified atom stereocenters. The summed E-state index contributed by atoms with van der Waals surface area (Å²) in [5.41, 5.74) is 0.630. The SMILES string of the molecule is CCCNS(=O)(=O)c1ccc(N2CCCC2)c(C(=O)O)c1. The molecule has 1 aliphatic rings. The van der Waals surface area contributed by atoms with Crippen molar-refractivity contribution in [3.63, 3.8) is 0 Å². The lowest BCUT2D eigenvalue weighted by atomic mass is 10.1. The first-order valence-electron chi connectivity index (χ1n) is 7.07. The number of benzene rings is 1. The third-order valence-electron chi connectivity index (χ3n) is 3.50. The molecule has 116 valence electrons. The van der Waals surface area contributed by atoms with E-state index in [-0.39, 0.29) is 10.5 Å². The van der Waals surface area contributed by atoms with Gasteiger partial charge in [0.25, 0.3) is 0 Å². The van der Waals surface area contributed by atoms with E-state index in [0.29, 0.717) is 18.7 Å². The van der Waals surface area contributed by atoms with Gasteiger partial charge in [-0.3, -0.25) is 0 Å². The van der Waals surface area contributed by atoms with Crippen LogP contribution >= 0.6 is 0 Å². The van der Waals surface area contributed by atoms with Crippen LogP contribution in [0.15, 0.2) is 23.1 Å². The van der Waals surface area contributed by atoms with Gasteiger partial charge in [-0.25, -0.2) is 17.9 Å². The van der Waals surface area contributed by atoms with Crippen molar-refractivity contribution < 1.29 is 18.3 Å². The molecular formula is C14H20N2O4S. The van der Waals surface area contributed by atoms with Crippen LogP contribution in [0.5, 0.6) is 0 Å². The molecule has 0 aromatic heterocycles. The van der Waals surface area contributed by atoms with Crippen molar-refractivity contribution in [2.75, 3.05) is 24.5 Å². The third kappa shape index (κ3) is 3.54. The molecule has 2 rings (SSSR count). The zero-order valence-corrected chi connectivity index (χ0v) is 12.8. The Kier molecular flexibility index (Phi) is 4.84. The molecule has 1 aliphatic heterocycles. The standard InChI is InChI=1S/C14H20N2O4S/c1-2-7-15-21(19,20)11-5-6-13(12(10-11)14(17)18)16-8-3-4-9-16/h5-6,10,15H,2-4,7-9H2,1H3,(H,17,18). The highest BCUT2D eigenvalue weighted by Gasteiger charge is 2.22. The van der Waals surface area contributed by atoms with Crippen LogP contribution in [0.3, 0.4) is 0 Å². The number of carboxylic acid groups (broad SMARTS) is 1. The van der Waals surface area contributed by atoms with Gasteiger partial charge in [0.05, 0.1) is 16.1 Å². The second-order valence-corrected chi connectivity index (χ2v) is 6.84. The maximum Gasteiger partial charge on any atom is 0.337 e. The predicted octanol–water partition coefficient (Wildman–Crippen LogP) is 1.67. The Morgan fingerprint density at radius 3 is 2.57 bits per heavy atom. The van der Waals surface area contributed by atoms with Gasteiger partial charge in [-0.2, -0.15) is 0 Å². The van der Waals surface area contributed by atoms with Crippen LogP contribution < -0.4 is 9.62 Å². The minimum absolute atomic E-state index is 0.00343. The molecule has 1 aromatic carbocycles. The zero-order chi connectivity index (χ0) is 15.5. The number of nitrogens with zero attached hydrogens (tertiary/aromatic N) is 1. The van der Waals surface area contributed by atoms with Crippen molar-refractivity contribution >= 4 is 21.7 Å². The lowest BCUT2D eigenvalue weighted by Gasteiger charge is -2.20. The predicted molar refractivity (Wildman–Crippen MR) is 80.3 cm³/mol. The monoisotopic (exact) mass is 312 g/mol. The third-order valence-corrected chi connectivity index (χ3v) is 4.96. The summed E-state index contributed by atoms with van der Waals surface area (Å²) in [5, 5.41) is 9.35. The smallest absolute Gasteiger partial charge is 0.337 e. The van der Waals surface area contributed by atoms with Gasteiger partial charge in [0.15, 0.2) is 0 Å². The molecule has 1 heterocycles. The van der Waals surface area contributed by atoms with E-state index in [9.17, 15) is 18.3 Å². The van der Waals surface area contributed by atoms with Gasteiger partial charge < -0.3 is 10.0 Å². The molecule has 0 bridgehead atoms. The largest absolute Gasteiger partial charge is 0.478 e. The van der Waals surface area contributed by atoms with Gasteiger partial charge in [-0.15, -0.1) is 0 Å². The number of rotatable bonds is 6. The van der Waals surface area contributed by atoms with Gasteiger partial charge in [-0.1, -0.05) is 6.92 Å². The van der Waals surface area contributed by atoms with E-state index >= 15 is 0 Å². The quantitative estimate of drug-likeness (QED) is 0.834. The number of hydrogen-bond acceptors (Lipinski definition) is 4. The summed E-state index contributed by atoms with van der Waals surface area (Å²) >= 11 is 0. The van der Waals surface area contributed by atoms with Crippen LogP contribution in [0.25, 0.3) is 0 Å². The molecule has 0 amide bonds. The number of sulfonamides is 1. The average Bonchev–Trinajstić information content (AvgIpc) is 2.98. The molecule has 1 saturated heterocycles. The molecule has 0 saturated carbocycles. The van der Waals surface area contributed by atoms with Crippen molar-refractivity contribution in [2.24, 2.45) is 0 Å². The number of carbonyl (C=O) groups is 1. The minimum atomic E-state index is -3.65. The van der Waals surface area contributed by atoms with Crippen LogP contribution in [0.4, 0.5) is 5.69 Å². The normalized spacial score (nSPS) is 15.4. The minimum Gasteiger partial charge on any atom is -0.478 e. The van der Waals surface area contributed by atoms with Gasteiger partial charge in [0, 0.05) is 19.6 Å². The fourth-order valence-corrected chi connectivity index (χ4v) is 3.57. The van der Waals surface area contributed by atoms with Crippen molar-refractivity contribution in [1.82, 2.24) is 4.72 Å². The van der Waals surface area contributed by atoms with E-state index in [2.05, 4.69) is 4.72 Å². The van der Waals surface area contributed by atoms with E-state index in [1.54, 1.807) is 6.07 Å². The van der Waals surface area contributed by atoms with Crippen LogP contribution in [0.1, 0.15) is 36.5 Å². The van der Waals surface area contributed by atoms with Gasteiger partial charge in [-0.05, 0) is 37.5 Å². The second-order valence-electron chi connectivity index (χ2n) is 5.08. The number of carboxylic acids is 1. The second kappa shape index (κ2) is 6.44. The van der Waals surface area contributed by atoms with Crippen molar-refractivity contribution in [2.45, 2.75) is 31.1 Å². The topological polar surface area (TPSA) is 86.7 Å². The Bertz CT molecular complexity index is 622. The fraction of sp³-hybridized carbons (Fsp3) is 0.500. The lowest BCUT2D eigenvalue weighted by molar-refractivity contribution is 0.0697. The first-order valence-corrected chi connectivity index (χ1v) is 8.56. The maximum absolute atomic E-state index is 12.1. The molecule has 0 atom stereocenters. The summed E-state index contributed by atoms with van der Waals surface area (Å²) < 4.78 is 26.6. The first kappa shape index (κ1) is 15.8. The zero-order valence-electron chi connectivity index (χ0n) is 12.0. The molecular weight excluding hydrogens is 292 g/mol. The molecule has 2 N–H and O–H groups in total. The summed E-state index contributed by atoms with van der Waals surface area (Å²) in [6.07, 6.45) is 2.73. The fourth-order valence-electron chi connectivity index (χ4n) is 2.41. The lowest BCUT2D eigenvalue weighted by Crippen LogP contribution is -2.25. The summed E-state index contributed by atoms with van der Waals surface area (Å²) in [7, 11) is -3.65. The van der Waals surface area contributed by atoms with Crippen LogP contribution in [-0.2, 0) is 10.0 Å². The van der Waals surface area contributed by atoms with E-state index in [1.165, 1.54) is 12.1 Å². The van der Waals surface area contributed by atoms with Crippen LogP contribution in [0.2, 0.25) is 0 Å². The summed E-state index contributed by atoms with van der Waals surface area (Å²) in [5.74, 6) is -1.11. The van der Waals surface area contributed by atoms with Crippen molar-refractivity contribution in [3.05, 3.63) is 23.8 Å². The van der Waals surface area contributed by atoms with E-state index in [4.69, 9.17) is 0 Å². The molecule has 21 heavy (non-hydrogen) atoms. The Balaban J connectivity index is 2.38.